The maximum Gasteiger partial charge on any atom is 0.200 e. The lowest BCUT2D eigenvalue weighted by atomic mass is 9.78. The van der Waals surface area contributed by atoms with Crippen molar-refractivity contribution in [3.63, 3.8) is 0 Å². The van der Waals surface area contributed by atoms with E-state index in [0.29, 0.717) is 18.1 Å². The van der Waals surface area contributed by atoms with Gasteiger partial charge >= 0.3 is 0 Å². The molecular formula is C28H36F2O. The number of aryl methyl sites for hydroxylation is 2. The Morgan fingerprint density at radius 2 is 1.52 bits per heavy atom. The Kier molecular flexibility index (Phi) is 9.12. The van der Waals surface area contributed by atoms with Crippen LogP contribution in [0.25, 0.3) is 0 Å². The molecule has 0 spiro atoms. The van der Waals surface area contributed by atoms with E-state index in [1.807, 2.05) is 6.92 Å². The van der Waals surface area contributed by atoms with Gasteiger partial charge in [0.1, 0.15) is 0 Å². The number of ether oxygens (including phenoxy) is 1. The molecule has 0 saturated heterocycles. The highest BCUT2D eigenvalue weighted by Crippen LogP contribution is 2.39. The predicted molar refractivity (Wildman–Crippen MR) is 125 cm³/mol. The van der Waals surface area contributed by atoms with Gasteiger partial charge in [-0.05, 0) is 86.0 Å². The quantitative estimate of drug-likeness (QED) is 0.348. The molecule has 0 aromatic heterocycles. The lowest BCUT2D eigenvalue weighted by Crippen LogP contribution is -2.14. The third kappa shape index (κ3) is 6.66. The van der Waals surface area contributed by atoms with Crippen molar-refractivity contribution >= 4 is 0 Å². The zero-order valence-electron chi connectivity index (χ0n) is 19.0. The van der Waals surface area contributed by atoms with E-state index in [9.17, 15) is 8.78 Å². The topological polar surface area (TPSA) is 9.23 Å². The van der Waals surface area contributed by atoms with Crippen LogP contribution >= 0.6 is 0 Å². The van der Waals surface area contributed by atoms with E-state index in [2.05, 4.69) is 43.3 Å². The van der Waals surface area contributed by atoms with Crippen molar-refractivity contribution in [2.24, 2.45) is 5.92 Å². The molecule has 0 heterocycles. The number of rotatable bonds is 10. The van der Waals surface area contributed by atoms with Gasteiger partial charge in [0.05, 0.1) is 6.61 Å². The first-order valence-electron chi connectivity index (χ1n) is 12.0. The molecule has 0 N–H and O–H groups in total. The lowest BCUT2D eigenvalue weighted by molar-refractivity contribution is 0.292. The monoisotopic (exact) mass is 426 g/mol. The van der Waals surface area contributed by atoms with Crippen LogP contribution in [0.2, 0.25) is 0 Å². The van der Waals surface area contributed by atoms with Crippen molar-refractivity contribution in [1.82, 2.24) is 0 Å². The summed E-state index contributed by atoms with van der Waals surface area (Å²) < 4.78 is 34.2. The molecule has 1 nitrogen and oxygen atoms in total. The van der Waals surface area contributed by atoms with Gasteiger partial charge in [-0.25, -0.2) is 4.39 Å². The second-order valence-corrected chi connectivity index (χ2v) is 8.77. The van der Waals surface area contributed by atoms with Gasteiger partial charge in [-0.15, -0.1) is 0 Å². The van der Waals surface area contributed by atoms with Crippen LogP contribution in [-0.4, -0.2) is 6.61 Å². The van der Waals surface area contributed by atoms with Gasteiger partial charge in [0, 0.05) is 0 Å². The van der Waals surface area contributed by atoms with Gasteiger partial charge in [0.25, 0.3) is 0 Å². The molecule has 0 radical (unpaired) electrons. The summed E-state index contributed by atoms with van der Waals surface area (Å²) in [5.41, 5.74) is 3.31. The summed E-state index contributed by atoms with van der Waals surface area (Å²) in [5, 5.41) is 0. The van der Waals surface area contributed by atoms with Gasteiger partial charge in [0.15, 0.2) is 11.6 Å². The normalized spacial score (nSPS) is 19.1. The van der Waals surface area contributed by atoms with Gasteiger partial charge in [-0.3, -0.25) is 0 Å². The first-order chi connectivity index (χ1) is 15.1. The summed E-state index contributed by atoms with van der Waals surface area (Å²) in [6, 6.07) is 12.3. The van der Waals surface area contributed by atoms with Crippen LogP contribution in [0.4, 0.5) is 8.78 Å². The fraction of sp³-hybridized carbons (Fsp3) is 0.500. The Morgan fingerprint density at radius 1 is 0.839 bits per heavy atom. The minimum atomic E-state index is -0.837. The fourth-order valence-electron chi connectivity index (χ4n) is 4.51. The summed E-state index contributed by atoms with van der Waals surface area (Å²) in [6.45, 7) is 4.55. The summed E-state index contributed by atoms with van der Waals surface area (Å²) >= 11 is 0. The predicted octanol–water partition coefficient (Wildman–Crippen LogP) is 8.17. The average Bonchev–Trinajstić information content (AvgIpc) is 2.79. The van der Waals surface area contributed by atoms with Gasteiger partial charge in [-0.2, -0.15) is 4.39 Å². The number of hydrogen-bond donors (Lipinski definition) is 0. The second kappa shape index (κ2) is 12.0. The molecule has 1 fully saturated rings. The van der Waals surface area contributed by atoms with Gasteiger partial charge < -0.3 is 4.74 Å². The SMILES string of the molecule is CCCOc1ccc(C2CCC(/C=C/CCc3ccc(CCC)cc3)CC2)c(F)c1F. The van der Waals surface area contributed by atoms with E-state index in [1.165, 1.54) is 17.5 Å². The first-order valence-corrected chi connectivity index (χ1v) is 12.0. The van der Waals surface area contributed by atoms with Gasteiger partial charge in [0.2, 0.25) is 5.82 Å². The molecule has 0 atom stereocenters. The molecule has 0 unspecified atom stereocenters. The molecule has 2 aromatic carbocycles. The largest absolute Gasteiger partial charge is 0.490 e. The first kappa shape index (κ1) is 23.5. The summed E-state index contributed by atoms with van der Waals surface area (Å²) in [4.78, 5) is 0. The Hall–Kier alpha value is -2.16. The third-order valence-corrected chi connectivity index (χ3v) is 6.32. The van der Waals surface area contributed by atoms with E-state index in [0.717, 1.165) is 51.4 Å². The minimum Gasteiger partial charge on any atom is -0.490 e. The van der Waals surface area contributed by atoms with Crippen LogP contribution in [0.5, 0.6) is 5.75 Å². The highest BCUT2D eigenvalue weighted by molar-refractivity contribution is 5.33. The zero-order chi connectivity index (χ0) is 22.1. The Balaban J connectivity index is 1.45. The van der Waals surface area contributed by atoms with E-state index in [1.54, 1.807) is 12.1 Å². The standard InChI is InChI=1S/C28H36F2O/c1-3-7-21-10-12-22(13-11-21)8-5-6-9-23-14-16-24(17-15-23)25-18-19-26(31-20-4-2)28(30)27(25)29/h6,9-13,18-19,23-24H,3-5,7-8,14-17,20H2,1-2H3/b9-6+. The van der Waals surface area contributed by atoms with Gasteiger partial charge in [-0.1, -0.05) is 62.8 Å². The molecule has 3 heteroatoms. The molecule has 1 saturated carbocycles. The summed E-state index contributed by atoms with van der Waals surface area (Å²) in [7, 11) is 0. The molecule has 31 heavy (non-hydrogen) atoms. The van der Waals surface area contributed by atoms with Crippen molar-refractivity contribution in [2.45, 2.75) is 77.6 Å². The fourth-order valence-corrected chi connectivity index (χ4v) is 4.51. The molecule has 0 amide bonds. The number of allylic oxidation sites excluding steroid dienone is 2. The molecule has 1 aliphatic carbocycles. The molecule has 0 bridgehead atoms. The van der Waals surface area contributed by atoms with Crippen LogP contribution in [0.3, 0.4) is 0 Å². The molecule has 0 aliphatic heterocycles. The smallest absolute Gasteiger partial charge is 0.200 e. The van der Waals surface area contributed by atoms with Crippen LogP contribution in [0.15, 0.2) is 48.6 Å². The van der Waals surface area contributed by atoms with Crippen molar-refractivity contribution in [2.75, 3.05) is 6.61 Å². The zero-order valence-corrected chi connectivity index (χ0v) is 19.0. The van der Waals surface area contributed by atoms with E-state index in [4.69, 9.17) is 4.74 Å². The molecule has 168 valence electrons. The molecular weight excluding hydrogens is 390 g/mol. The van der Waals surface area contributed by atoms with Crippen molar-refractivity contribution in [3.05, 3.63) is 76.9 Å². The number of benzene rings is 2. The lowest BCUT2D eigenvalue weighted by Gasteiger charge is -2.27. The van der Waals surface area contributed by atoms with E-state index < -0.39 is 11.6 Å². The van der Waals surface area contributed by atoms with Crippen molar-refractivity contribution in [1.29, 1.82) is 0 Å². The van der Waals surface area contributed by atoms with Crippen LogP contribution in [-0.2, 0) is 12.8 Å². The Bertz CT molecular complexity index is 833. The van der Waals surface area contributed by atoms with E-state index in [-0.39, 0.29) is 11.7 Å². The van der Waals surface area contributed by atoms with Crippen LogP contribution in [0.1, 0.15) is 81.4 Å². The average molecular weight is 427 g/mol. The maximum atomic E-state index is 14.6. The highest BCUT2D eigenvalue weighted by atomic mass is 19.2. The van der Waals surface area contributed by atoms with Crippen LogP contribution < -0.4 is 4.74 Å². The third-order valence-electron chi connectivity index (χ3n) is 6.32. The summed E-state index contributed by atoms with van der Waals surface area (Å²) in [6.07, 6.45) is 13.7. The summed E-state index contributed by atoms with van der Waals surface area (Å²) in [5.74, 6) is -0.891. The van der Waals surface area contributed by atoms with Crippen LogP contribution in [0, 0.1) is 17.6 Å². The highest BCUT2D eigenvalue weighted by Gasteiger charge is 2.25. The molecule has 2 aromatic rings. The number of hydrogen-bond acceptors (Lipinski definition) is 1. The Labute approximate surface area is 186 Å². The number of halogens is 2. The Morgan fingerprint density at radius 3 is 2.16 bits per heavy atom. The molecule has 3 rings (SSSR count). The van der Waals surface area contributed by atoms with Crippen molar-refractivity contribution in [3.8, 4) is 5.75 Å². The van der Waals surface area contributed by atoms with Crippen molar-refractivity contribution < 1.29 is 13.5 Å². The maximum absolute atomic E-state index is 14.6. The van der Waals surface area contributed by atoms with E-state index >= 15 is 0 Å². The molecule has 1 aliphatic rings. The minimum absolute atomic E-state index is 0.0275. The second-order valence-electron chi connectivity index (χ2n) is 8.77.